The molecule has 0 bridgehead atoms. The van der Waals surface area contributed by atoms with Gasteiger partial charge in [0.25, 0.3) is 0 Å². The van der Waals surface area contributed by atoms with Crippen LogP contribution in [0.5, 0.6) is 0 Å². The predicted octanol–water partition coefficient (Wildman–Crippen LogP) is -2.17. The fourth-order valence-corrected chi connectivity index (χ4v) is 2.83. The minimum atomic E-state index is -0.152. The third-order valence-electron chi connectivity index (χ3n) is 3.80. The van der Waals surface area contributed by atoms with E-state index >= 15 is 0 Å². The van der Waals surface area contributed by atoms with Gasteiger partial charge in [-0.15, -0.1) is 12.4 Å². The van der Waals surface area contributed by atoms with Gasteiger partial charge < -0.3 is 10.1 Å². The van der Waals surface area contributed by atoms with Gasteiger partial charge in [0.15, 0.2) is 6.29 Å². The standard InChI is InChI=1S/C11H22N6O2.ClH/c1-19-7-8-6-9(18)17-10(13-8)14-11(15-17)16-4-2-12-3-5-16;/h8,10-15H,2-7H2,1H3;1H. The number of nitrogens with one attached hydrogen (secondary N) is 4. The van der Waals surface area contributed by atoms with Gasteiger partial charge in [-0.25, -0.2) is 5.01 Å². The second kappa shape index (κ2) is 6.99. The SMILES string of the molecule is COCC1CC(=O)N2NC(N3CCNCC3)NC2N1.Cl. The smallest absolute Gasteiger partial charge is 0.241 e. The van der Waals surface area contributed by atoms with E-state index in [0.717, 1.165) is 26.2 Å². The van der Waals surface area contributed by atoms with E-state index in [1.807, 2.05) is 0 Å². The largest absolute Gasteiger partial charge is 0.383 e. The van der Waals surface area contributed by atoms with Gasteiger partial charge in [-0.2, -0.15) is 5.43 Å². The Hall–Kier alpha value is -0.480. The molecule has 116 valence electrons. The molecule has 4 N–H and O–H groups in total. The second-order valence-electron chi connectivity index (χ2n) is 5.17. The normalized spacial score (nSPS) is 34.8. The average Bonchev–Trinajstić information content (AvgIpc) is 2.85. The van der Waals surface area contributed by atoms with Crippen LogP contribution in [0.1, 0.15) is 6.42 Å². The third-order valence-corrected chi connectivity index (χ3v) is 3.80. The van der Waals surface area contributed by atoms with Crippen molar-refractivity contribution in [3.8, 4) is 0 Å². The average molecular weight is 307 g/mol. The molecule has 20 heavy (non-hydrogen) atoms. The van der Waals surface area contributed by atoms with E-state index in [2.05, 4.69) is 26.3 Å². The number of halogens is 1. The van der Waals surface area contributed by atoms with Gasteiger partial charge in [-0.3, -0.25) is 20.3 Å². The van der Waals surface area contributed by atoms with E-state index in [-0.39, 0.29) is 36.9 Å². The van der Waals surface area contributed by atoms with E-state index in [1.165, 1.54) is 0 Å². The molecule has 8 nitrogen and oxygen atoms in total. The van der Waals surface area contributed by atoms with Crippen molar-refractivity contribution in [1.29, 1.82) is 0 Å². The highest BCUT2D eigenvalue weighted by molar-refractivity contribution is 5.85. The van der Waals surface area contributed by atoms with E-state index in [9.17, 15) is 4.79 Å². The predicted molar refractivity (Wildman–Crippen MR) is 75.8 cm³/mol. The number of carbonyl (C=O) groups is 1. The monoisotopic (exact) mass is 306 g/mol. The lowest BCUT2D eigenvalue weighted by Crippen LogP contribution is -2.62. The molecule has 3 unspecified atom stereocenters. The van der Waals surface area contributed by atoms with Crippen molar-refractivity contribution >= 4 is 18.3 Å². The molecule has 0 saturated carbocycles. The molecule has 3 atom stereocenters. The van der Waals surface area contributed by atoms with Crippen LogP contribution in [0, 0.1) is 0 Å². The number of hydrogen-bond donors (Lipinski definition) is 4. The summed E-state index contributed by atoms with van der Waals surface area (Å²) in [6.07, 6.45) is 0.332. The van der Waals surface area contributed by atoms with Crippen molar-refractivity contribution in [1.82, 2.24) is 31.3 Å². The number of hydrazine groups is 1. The molecule has 3 saturated heterocycles. The number of fused-ring (bicyclic) bond motifs is 1. The first-order chi connectivity index (χ1) is 9.28. The molecule has 3 fully saturated rings. The van der Waals surface area contributed by atoms with Crippen LogP contribution in [0.3, 0.4) is 0 Å². The Balaban J connectivity index is 0.00000147. The van der Waals surface area contributed by atoms with Crippen LogP contribution in [-0.4, -0.2) is 74.3 Å². The van der Waals surface area contributed by atoms with Crippen LogP contribution in [-0.2, 0) is 9.53 Å². The summed E-state index contributed by atoms with van der Waals surface area (Å²) >= 11 is 0. The molecule has 1 amide bonds. The van der Waals surface area contributed by atoms with Gasteiger partial charge in [-0.05, 0) is 0 Å². The van der Waals surface area contributed by atoms with Crippen LogP contribution in [0.4, 0.5) is 0 Å². The lowest BCUT2D eigenvalue weighted by Gasteiger charge is -2.34. The van der Waals surface area contributed by atoms with E-state index in [1.54, 1.807) is 12.1 Å². The van der Waals surface area contributed by atoms with Crippen molar-refractivity contribution in [2.45, 2.75) is 25.0 Å². The van der Waals surface area contributed by atoms with Gasteiger partial charge >= 0.3 is 0 Å². The Morgan fingerprint density at radius 3 is 2.70 bits per heavy atom. The number of hydrogen-bond acceptors (Lipinski definition) is 7. The first-order valence-corrected chi connectivity index (χ1v) is 6.82. The topological polar surface area (TPSA) is 80.9 Å². The minimum absolute atomic E-state index is 0. The summed E-state index contributed by atoms with van der Waals surface area (Å²) in [6.45, 7) is 4.47. The van der Waals surface area contributed by atoms with Gasteiger partial charge in [0.1, 0.15) is 6.29 Å². The molecule has 0 aromatic carbocycles. The summed E-state index contributed by atoms with van der Waals surface area (Å²) in [4.78, 5) is 14.4. The first kappa shape index (κ1) is 15.9. The number of carbonyl (C=O) groups excluding carboxylic acids is 1. The van der Waals surface area contributed by atoms with Crippen LogP contribution < -0.4 is 21.4 Å². The molecule has 0 aliphatic carbocycles. The number of rotatable bonds is 3. The molecule has 0 aromatic rings. The molecule has 0 radical (unpaired) electrons. The van der Waals surface area contributed by atoms with E-state index in [0.29, 0.717) is 13.0 Å². The molecule has 3 aliphatic heterocycles. The Kier molecular flexibility index (Phi) is 5.56. The summed E-state index contributed by atoms with van der Waals surface area (Å²) in [6, 6.07) is 0.0785. The first-order valence-electron chi connectivity index (χ1n) is 6.82. The Bertz CT molecular complexity index is 341. The van der Waals surface area contributed by atoms with Crippen molar-refractivity contribution in [3.63, 3.8) is 0 Å². The van der Waals surface area contributed by atoms with Crippen LogP contribution in [0.25, 0.3) is 0 Å². The van der Waals surface area contributed by atoms with Crippen molar-refractivity contribution in [3.05, 3.63) is 0 Å². The summed E-state index contributed by atoms with van der Waals surface area (Å²) in [5.74, 6) is 0.107. The Morgan fingerprint density at radius 2 is 2.00 bits per heavy atom. The molecule has 9 heteroatoms. The number of piperazine rings is 1. The van der Waals surface area contributed by atoms with Crippen LogP contribution in [0.15, 0.2) is 0 Å². The van der Waals surface area contributed by atoms with Crippen LogP contribution >= 0.6 is 12.4 Å². The molecule has 3 rings (SSSR count). The third kappa shape index (κ3) is 3.22. The number of amides is 1. The molecule has 0 aromatic heterocycles. The maximum absolute atomic E-state index is 12.1. The minimum Gasteiger partial charge on any atom is -0.383 e. The summed E-state index contributed by atoms with van der Waals surface area (Å²) < 4.78 is 5.12. The van der Waals surface area contributed by atoms with E-state index < -0.39 is 0 Å². The second-order valence-corrected chi connectivity index (χ2v) is 5.17. The number of ether oxygens (including phenoxy) is 1. The van der Waals surface area contributed by atoms with Gasteiger partial charge in [0, 0.05) is 45.8 Å². The maximum Gasteiger partial charge on any atom is 0.241 e. The number of nitrogens with zero attached hydrogens (tertiary/aromatic N) is 2. The van der Waals surface area contributed by atoms with Crippen molar-refractivity contribution < 1.29 is 9.53 Å². The summed E-state index contributed by atoms with van der Waals surface area (Å²) in [7, 11) is 1.66. The molecule has 3 aliphatic rings. The zero-order chi connectivity index (χ0) is 13.2. The quantitative estimate of drug-likeness (QED) is 0.472. The van der Waals surface area contributed by atoms with Gasteiger partial charge in [0.2, 0.25) is 5.91 Å². The summed E-state index contributed by atoms with van der Waals surface area (Å²) in [5, 5.41) is 11.8. The van der Waals surface area contributed by atoms with Crippen molar-refractivity contribution in [2.24, 2.45) is 0 Å². The lowest BCUT2D eigenvalue weighted by molar-refractivity contribution is -0.141. The zero-order valence-corrected chi connectivity index (χ0v) is 12.4. The Morgan fingerprint density at radius 1 is 1.25 bits per heavy atom. The molecule has 0 spiro atoms. The maximum atomic E-state index is 12.1. The molecule has 3 heterocycles. The van der Waals surface area contributed by atoms with E-state index in [4.69, 9.17) is 4.74 Å². The zero-order valence-electron chi connectivity index (χ0n) is 11.6. The highest BCUT2D eigenvalue weighted by Crippen LogP contribution is 2.14. The van der Waals surface area contributed by atoms with Crippen LogP contribution in [0.2, 0.25) is 0 Å². The molecular formula is C11H23ClN6O2. The van der Waals surface area contributed by atoms with Gasteiger partial charge in [0.05, 0.1) is 6.61 Å². The lowest BCUT2D eigenvalue weighted by atomic mass is 10.1. The Labute approximate surface area is 124 Å². The number of methoxy groups -OCH3 is 1. The fourth-order valence-electron chi connectivity index (χ4n) is 2.83. The summed E-state index contributed by atoms with van der Waals surface area (Å²) in [5.41, 5.74) is 3.24. The fraction of sp³-hybridized carbons (Fsp3) is 0.909. The highest BCUT2D eigenvalue weighted by atomic mass is 35.5. The van der Waals surface area contributed by atoms with Crippen molar-refractivity contribution in [2.75, 3.05) is 39.9 Å². The van der Waals surface area contributed by atoms with Gasteiger partial charge in [-0.1, -0.05) is 0 Å². The molecular weight excluding hydrogens is 284 g/mol. The highest BCUT2D eigenvalue weighted by Gasteiger charge is 2.42.